The van der Waals surface area contributed by atoms with Crippen LogP contribution in [0.4, 0.5) is 0 Å². The number of thioether (sulfide) groups is 1. The molecule has 1 heterocycles. The van der Waals surface area contributed by atoms with Crippen molar-refractivity contribution in [3.63, 3.8) is 0 Å². The Labute approximate surface area is 109 Å². The van der Waals surface area contributed by atoms with Crippen molar-refractivity contribution in [2.75, 3.05) is 12.3 Å². The highest BCUT2D eigenvalue weighted by Crippen LogP contribution is 2.26. The SMILES string of the molecule is CCCNCc1c(C)nn(C)c1SCC(C)C. The number of hydrogen-bond acceptors (Lipinski definition) is 3. The van der Waals surface area contributed by atoms with E-state index in [1.165, 1.54) is 17.0 Å². The van der Waals surface area contributed by atoms with E-state index in [9.17, 15) is 0 Å². The van der Waals surface area contributed by atoms with Crippen LogP contribution in [0, 0.1) is 12.8 Å². The van der Waals surface area contributed by atoms with Crippen molar-refractivity contribution in [2.24, 2.45) is 13.0 Å². The lowest BCUT2D eigenvalue weighted by atomic mass is 10.2. The number of nitrogens with zero attached hydrogens (tertiary/aromatic N) is 2. The maximum absolute atomic E-state index is 4.52. The summed E-state index contributed by atoms with van der Waals surface area (Å²) in [5.41, 5.74) is 2.52. The third-order valence-corrected chi connectivity index (χ3v) is 4.19. The van der Waals surface area contributed by atoms with E-state index in [2.05, 4.69) is 38.1 Å². The Bertz CT molecular complexity index is 345. The lowest BCUT2D eigenvalue weighted by Crippen LogP contribution is -2.14. The Morgan fingerprint density at radius 3 is 2.71 bits per heavy atom. The smallest absolute Gasteiger partial charge is 0.0984 e. The number of nitrogens with one attached hydrogen (secondary N) is 1. The molecule has 1 aromatic rings. The Morgan fingerprint density at radius 1 is 1.41 bits per heavy atom. The van der Waals surface area contributed by atoms with E-state index in [1.54, 1.807) is 0 Å². The normalized spacial score (nSPS) is 11.4. The Hall–Kier alpha value is -0.480. The summed E-state index contributed by atoms with van der Waals surface area (Å²) in [7, 11) is 2.04. The second-order valence-electron chi connectivity index (χ2n) is 4.87. The fourth-order valence-corrected chi connectivity index (χ4v) is 2.81. The molecule has 17 heavy (non-hydrogen) atoms. The molecule has 0 fully saturated rings. The van der Waals surface area contributed by atoms with Crippen LogP contribution in [-0.2, 0) is 13.6 Å². The van der Waals surface area contributed by atoms with Gasteiger partial charge in [-0.25, -0.2) is 0 Å². The van der Waals surface area contributed by atoms with Crippen molar-refractivity contribution in [1.29, 1.82) is 0 Å². The Balaban J connectivity index is 2.71. The highest BCUT2D eigenvalue weighted by Gasteiger charge is 2.13. The lowest BCUT2D eigenvalue weighted by Gasteiger charge is -2.09. The molecule has 1 aromatic heterocycles. The average Bonchev–Trinajstić information content (AvgIpc) is 2.51. The summed E-state index contributed by atoms with van der Waals surface area (Å²) in [4.78, 5) is 0. The minimum absolute atomic E-state index is 0.714. The molecule has 0 aliphatic carbocycles. The summed E-state index contributed by atoms with van der Waals surface area (Å²) >= 11 is 1.92. The zero-order valence-corrected chi connectivity index (χ0v) is 12.5. The van der Waals surface area contributed by atoms with Crippen molar-refractivity contribution in [3.8, 4) is 0 Å². The Kier molecular flexibility index (Phi) is 6.06. The quantitative estimate of drug-likeness (QED) is 0.600. The summed E-state index contributed by atoms with van der Waals surface area (Å²) in [6.45, 7) is 10.8. The van der Waals surface area contributed by atoms with Crippen molar-refractivity contribution >= 4 is 11.8 Å². The molecule has 0 amide bonds. The van der Waals surface area contributed by atoms with Crippen LogP contribution in [0.1, 0.15) is 38.4 Å². The molecular formula is C13H25N3S. The molecule has 0 unspecified atom stereocenters. The fraction of sp³-hybridized carbons (Fsp3) is 0.769. The molecule has 3 nitrogen and oxygen atoms in total. The zero-order chi connectivity index (χ0) is 12.8. The fourth-order valence-electron chi connectivity index (χ4n) is 1.70. The summed E-state index contributed by atoms with van der Waals surface area (Å²) in [5, 5.41) is 9.31. The lowest BCUT2D eigenvalue weighted by molar-refractivity contribution is 0.651. The van der Waals surface area contributed by atoms with E-state index < -0.39 is 0 Å². The molecule has 98 valence electrons. The van der Waals surface area contributed by atoms with Crippen LogP contribution in [0.15, 0.2) is 5.03 Å². The van der Waals surface area contributed by atoms with Gasteiger partial charge in [0.15, 0.2) is 0 Å². The predicted octanol–water partition coefficient (Wildman–Crippen LogP) is 2.98. The van der Waals surface area contributed by atoms with Gasteiger partial charge in [0.2, 0.25) is 0 Å². The van der Waals surface area contributed by atoms with Gasteiger partial charge >= 0.3 is 0 Å². The maximum atomic E-state index is 4.52. The standard InChI is InChI=1S/C13H25N3S/c1-6-7-14-8-12-11(4)15-16(5)13(12)17-9-10(2)3/h10,14H,6-9H2,1-5H3. The molecule has 0 saturated carbocycles. The van der Waals surface area contributed by atoms with Gasteiger partial charge in [-0.1, -0.05) is 20.8 Å². The molecule has 0 atom stereocenters. The van der Waals surface area contributed by atoms with E-state index in [0.717, 1.165) is 24.5 Å². The highest BCUT2D eigenvalue weighted by molar-refractivity contribution is 7.99. The van der Waals surface area contributed by atoms with Gasteiger partial charge < -0.3 is 5.32 Å². The molecule has 4 heteroatoms. The molecular weight excluding hydrogens is 230 g/mol. The van der Waals surface area contributed by atoms with E-state index in [4.69, 9.17) is 0 Å². The first-order valence-electron chi connectivity index (χ1n) is 6.42. The molecule has 1 N–H and O–H groups in total. The van der Waals surface area contributed by atoms with Crippen LogP contribution in [0.2, 0.25) is 0 Å². The third-order valence-electron chi connectivity index (χ3n) is 2.57. The second-order valence-corrected chi connectivity index (χ2v) is 5.88. The number of hydrogen-bond donors (Lipinski definition) is 1. The van der Waals surface area contributed by atoms with Gasteiger partial charge in [0, 0.05) is 24.9 Å². The van der Waals surface area contributed by atoms with Gasteiger partial charge in [0.05, 0.1) is 10.7 Å². The highest BCUT2D eigenvalue weighted by atomic mass is 32.2. The van der Waals surface area contributed by atoms with Crippen LogP contribution in [-0.4, -0.2) is 22.1 Å². The molecule has 0 bridgehead atoms. The van der Waals surface area contributed by atoms with Gasteiger partial charge in [0.1, 0.15) is 0 Å². The van der Waals surface area contributed by atoms with E-state index in [1.807, 2.05) is 23.5 Å². The first-order valence-corrected chi connectivity index (χ1v) is 7.40. The van der Waals surface area contributed by atoms with Crippen molar-refractivity contribution in [2.45, 2.75) is 45.7 Å². The summed E-state index contributed by atoms with van der Waals surface area (Å²) in [5.74, 6) is 1.87. The average molecular weight is 255 g/mol. The van der Waals surface area contributed by atoms with E-state index in [0.29, 0.717) is 5.92 Å². The second kappa shape index (κ2) is 7.07. The van der Waals surface area contributed by atoms with E-state index >= 15 is 0 Å². The molecule has 0 aromatic carbocycles. The van der Waals surface area contributed by atoms with Gasteiger partial charge in [-0.2, -0.15) is 5.10 Å². The number of aryl methyl sites for hydroxylation is 2. The summed E-state index contributed by atoms with van der Waals surface area (Å²) in [6.07, 6.45) is 1.17. The third kappa shape index (κ3) is 4.36. The first kappa shape index (κ1) is 14.6. The van der Waals surface area contributed by atoms with Crippen molar-refractivity contribution in [1.82, 2.24) is 15.1 Å². The molecule has 0 spiro atoms. The molecule has 0 aliphatic rings. The maximum Gasteiger partial charge on any atom is 0.0984 e. The van der Waals surface area contributed by atoms with Gasteiger partial charge in [0.25, 0.3) is 0 Å². The molecule has 0 saturated heterocycles. The van der Waals surface area contributed by atoms with Crippen molar-refractivity contribution < 1.29 is 0 Å². The molecule has 1 rings (SSSR count). The van der Waals surface area contributed by atoms with Crippen LogP contribution < -0.4 is 5.32 Å². The predicted molar refractivity (Wildman–Crippen MR) is 75.5 cm³/mol. The van der Waals surface area contributed by atoms with Crippen LogP contribution >= 0.6 is 11.8 Å². The molecule has 0 aliphatic heterocycles. The first-order chi connectivity index (χ1) is 8.06. The summed E-state index contributed by atoms with van der Waals surface area (Å²) in [6, 6.07) is 0. The van der Waals surface area contributed by atoms with Gasteiger partial charge in [-0.05, 0) is 25.8 Å². The topological polar surface area (TPSA) is 29.9 Å². The zero-order valence-electron chi connectivity index (χ0n) is 11.7. The van der Waals surface area contributed by atoms with E-state index in [-0.39, 0.29) is 0 Å². The van der Waals surface area contributed by atoms with Crippen LogP contribution in [0.25, 0.3) is 0 Å². The minimum Gasteiger partial charge on any atom is -0.313 e. The largest absolute Gasteiger partial charge is 0.313 e. The Morgan fingerprint density at radius 2 is 2.12 bits per heavy atom. The van der Waals surface area contributed by atoms with Crippen LogP contribution in [0.3, 0.4) is 0 Å². The summed E-state index contributed by atoms with van der Waals surface area (Å²) < 4.78 is 2.02. The minimum atomic E-state index is 0.714. The number of rotatable bonds is 7. The monoisotopic (exact) mass is 255 g/mol. The van der Waals surface area contributed by atoms with Gasteiger partial charge in [-0.3, -0.25) is 4.68 Å². The molecule has 0 radical (unpaired) electrons. The van der Waals surface area contributed by atoms with Gasteiger partial charge in [-0.15, -0.1) is 11.8 Å². The van der Waals surface area contributed by atoms with Crippen LogP contribution in [0.5, 0.6) is 0 Å². The van der Waals surface area contributed by atoms with Crippen molar-refractivity contribution in [3.05, 3.63) is 11.3 Å². The number of aromatic nitrogens is 2.